The van der Waals surface area contributed by atoms with Gasteiger partial charge in [-0.2, -0.15) is 4.98 Å². The van der Waals surface area contributed by atoms with Crippen molar-refractivity contribution >= 4 is 22.4 Å². The molecule has 2 fully saturated rings. The number of carbonyl (C=O) groups is 1. The lowest BCUT2D eigenvalue weighted by molar-refractivity contribution is 0.176. The molecule has 0 bridgehead atoms. The van der Waals surface area contributed by atoms with Gasteiger partial charge < -0.3 is 14.5 Å². The van der Waals surface area contributed by atoms with Crippen LogP contribution in [0, 0.1) is 0 Å². The number of aromatic nitrogens is 2. The number of carbonyl (C=O) groups excluding carboxylic acids is 1. The summed E-state index contributed by atoms with van der Waals surface area (Å²) in [5, 5.41) is 17.7. The first kappa shape index (κ1) is 16.3. The van der Waals surface area contributed by atoms with Crippen molar-refractivity contribution in [2.75, 3.05) is 18.4 Å². The number of hydrogen-bond acceptors (Lipinski definition) is 6. The monoisotopic (exact) mass is 374 g/mol. The SMILES string of the molecule is O=C(Nc1sc2c(c1-c1nc(C3CC3)no1)CCCC2)N1CC[C@@H](O)C1. The molecule has 2 aromatic heterocycles. The summed E-state index contributed by atoms with van der Waals surface area (Å²) in [5.74, 6) is 1.75. The molecule has 3 heterocycles. The summed E-state index contributed by atoms with van der Waals surface area (Å²) in [4.78, 5) is 20.2. The molecule has 2 amide bonds. The fourth-order valence-electron chi connectivity index (χ4n) is 3.83. The Balaban J connectivity index is 1.47. The van der Waals surface area contributed by atoms with Crippen LogP contribution in [0.4, 0.5) is 9.80 Å². The minimum Gasteiger partial charge on any atom is -0.391 e. The highest BCUT2D eigenvalue weighted by Crippen LogP contribution is 2.45. The zero-order valence-electron chi connectivity index (χ0n) is 14.5. The van der Waals surface area contributed by atoms with Gasteiger partial charge in [0.05, 0.1) is 11.7 Å². The molecule has 2 N–H and O–H groups in total. The lowest BCUT2D eigenvalue weighted by Gasteiger charge is -2.16. The second kappa shape index (κ2) is 6.35. The van der Waals surface area contributed by atoms with Gasteiger partial charge in [-0.25, -0.2) is 4.79 Å². The third kappa shape index (κ3) is 2.91. The van der Waals surface area contributed by atoms with Crippen molar-refractivity contribution in [2.24, 2.45) is 0 Å². The van der Waals surface area contributed by atoms with E-state index in [4.69, 9.17) is 4.52 Å². The van der Waals surface area contributed by atoms with Crippen LogP contribution in [0.15, 0.2) is 4.52 Å². The first-order valence-electron chi connectivity index (χ1n) is 9.41. The highest BCUT2D eigenvalue weighted by atomic mass is 32.1. The van der Waals surface area contributed by atoms with Gasteiger partial charge in [0.15, 0.2) is 5.82 Å². The number of aliphatic hydroxyl groups is 1. The zero-order valence-corrected chi connectivity index (χ0v) is 15.3. The first-order chi connectivity index (χ1) is 12.7. The van der Waals surface area contributed by atoms with Crippen LogP contribution in [-0.4, -0.2) is 45.4 Å². The smallest absolute Gasteiger partial charge is 0.322 e. The Morgan fingerprint density at radius 3 is 2.88 bits per heavy atom. The van der Waals surface area contributed by atoms with Crippen molar-refractivity contribution in [3.05, 3.63) is 16.3 Å². The molecule has 2 aromatic rings. The number of aryl methyl sites for hydroxylation is 1. The summed E-state index contributed by atoms with van der Waals surface area (Å²) >= 11 is 1.63. The highest BCUT2D eigenvalue weighted by molar-refractivity contribution is 7.17. The average molecular weight is 374 g/mol. The minimum atomic E-state index is -0.422. The van der Waals surface area contributed by atoms with Gasteiger partial charge in [0, 0.05) is 23.9 Å². The average Bonchev–Trinajstić information content (AvgIpc) is 3.04. The third-order valence-corrected chi connectivity index (χ3v) is 6.65. The summed E-state index contributed by atoms with van der Waals surface area (Å²) in [6.07, 6.45) is 6.81. The van der Waals surface area contributed by atoms with E-state index in [1.54, 1.807) is 16.2 Å². The molecule has 0 unspecified atom stereocenters. The molecular formula is C18H22N4O3S. The Bertz CT molecular complexity index is 842. The topological polar surface area (TPSA) is 91.5 Å². The van der Waals surface area contributed by atoms with Crippen molar-refractivity contribution < 1.29 is 14.4 Å². The van der Waals surface area contributed by atoms with Crippen molar-refractivity contribution in [3.8, 4) is 11.5 Å². The van der Waals surface area contributed by atoms with Gasteiger partial charge in [-0.1, -0.05) is 5.16 Å². The zero-order chi connectivity index (χ0) is 17.7. The number of rotatable bonds is 3. The molecule has 3 aliphatic rings. The normalized spacial score (nSPS) is 22.5. The van der Waals surface area contributed by atoms with E-state index in [1.807, 2.05) is 0 Å². The second-order valence-electron chi connectivity index (χ2n) is 7.47. The number of aliphatic hydroxyl groups excluding tert-OH is 1. The van der Waals surface area contributed by atoms with Gasteiger partial charge in [0.1, 0.15) is 5.00 Å². The van der Waals surface area contributed by atoms with Crippen molar-refractivity contribution in [1.82, 2.24) is 15.0 Å². The predicted octanol–water partition coefficient (Wildman–Crippen LogP) is 3.15. The Morgan fingerprint density at radius 2 is 2.12 bits per heavy atom. The van der Waals surface area contributed by atoms with Crippen molar-refractivity contribution in [1.29, 1.82) is 0 Å². The fraction of sp³-hybridized carbons (Fsp3) is 0.611. The number of likely N-dealkylation sites (tertiary alicyclic amines) is 1. The van der Waals surface area contributed by atoms with Crippen molar-refractivity contribution in [3.63, 3.8) is 0 Å². The lowest BCUT2D eigenvalue weighted by atomic mass is 9.95. The number of anilines is 1. The fourth-order valence-corrected chi connectivity index (χ4v) is 5.10. The van der Waals surface area contributed by atoms with E-state index in [1.165, 1.54) is 16.9 Å². The van der Waals surface area contributed by atoms with E-state index in [0.717, 1.165) is 48.5 Å². The second-order valence-corrected chi connectivity index (χ2v) is 8.57. The van der Waals surface area contributed by atoms with Crippen LogP contribution >= 0.6 is 11.3 Å². The summed E-state index contributed by atoms with van der Waals surface area (Å²) in [6.45, 7) is 0.971. The molecule has 0 aromatic carbocycles. The maximum Gasteiger partial charge on any atom is 0.322 e. The maximum atomic E-state index is 12.6. The molecule has 1 saturated heterocycles. The summed E-state index contributed by atoms with van der Waals surface area (Å²) in [6, 6.07) is -0.164. The molecule has 8 heteroatoms. The molecule has 138 valence electrons. The maximum absolute atomic E-state index is 12.6. The van der Waals surface area contributed by atoms with Crippen LogP contribution in [0.25, 0.3) is 11.5 Å². The molecule has 1 aliphatic heterocycles. The van der Waals surface area contributed by atoms with Crippen LogP contribution in [0.1, 0.15) is 54.3 Å². The van der Waals surface area contributed by atoms with Crippen LogP contribution in [0.2, 0.25) is 0 Å². The van der Waals surface area contributed by atoms with E-state index in [0.29, 0.717) is 31.3 Å². The van der Waals surface area contributed by atoms with Crippen LogP contribution < -0.4 is 5.32 Å². The predicted molar refractivity (Wildman–Crippen MR) is 97.4 cm³/mol. The first-order valence-corrected chi connectivity index (χ1v) is 10.2. The largest absolute Gasteiger partial charge is 0.391 e. The number of amides is 2. The van der Waals surface area contributed by atoms with Crippen LogP contribution in [0.3, 0.4) is 0 Å². The van der Waals surface area contributed by atoms with E-state index in [9.17, 15) is 9.90 Å². The molecule has 7 nitrogen and oxygen atoms in total. The van der Waals surface area contributed by atoms with Gasteiger partial charge in [-0.3, -0.25) is 5.32 Å². The number of nitrogens with one attached hydrogen (secondary N) is 1. The standard InChI is InChI=1S/C18H22N4O3S/c23-11-7-8-22(9-11)18(24)20-17-14(12-3-1-2-4-13(12)26-17)16-19-15(21-25-16)10-5-6-10/h10-11,23H,1-9H2,(H,20,24)/t11-/m1/s1. The van der Waals surface area contributed by atoms with Gasteiger partial charge >= 0.3 is 6.03 Å². The van der Waals surface area contributed by atoms with E-state index >= 15 is 0 Å². The van der Waals surface area contributed by atoms with Gasteiger partial charge in [0.25, 0.3) is 5.89 Å². The summed E-state index contributed by atoms with van der Waals surface area (Å²) in [5.41, 5.74) is 2.17. The van der Waals surface area contributed by atoms with E-state index in [2.05, 4.69) is 15.5 Å². The summed E-state index contributed by atoms with van der Waals surface area (Å²) in [7, 11) is 0. The van der Waals surface area contributed by atoms with E-state index in [-0.39, 0.29) is 6.03 Å². The molecule has 0 radical (unpaired) electrons. The van der Waals surface area contributed by atoms with Crippen LogP contribution in [-0.2, 0) is 12.8 Å². The van der Waals surface area contributed by atoms with Gasteiger partial charge in [-0.15, -0.1) is 11.3 Å². The number of thiophene rings is 1. The molecule has 1 atom stereocenters. The number of β-amino-alcohol motifs (C(OH)–C–C–N with tert-alkyl or cyclic N) is 1. The molecule has 26 heavy (non-hydrogen) atoms. The third-order valence-electron chi connectivity index (χ3n) is 5.44. The minimum absolute atomic E-state index is 0.164. The quantitative estimate of drug-likeness (QED) is 0.861. The summed E-state index contributed by atoms with van der Waals surface area (Å²) < 4.78 is 5.58. The number of urea groups is 1. The molecule has 2 aliphatic carbocycles. The Labute approximate surface area is 155 Å². The Hall–Kier alpha value is -1.93. The highest BCUT2D eigenvalue weighted by Gasteiger charge is 2.32. The van der Waals surface area contributed by atoms with Gasteiger partial charge in [0.2, 0.25) is 0 Å². The van der Waals surface area contributed by atoms with Gasteiger partial charge in [-0.05, 0) is 50.5 Å². The number of fused-ring (bicyclic) bond motifs is 1. The van der Waals surface area contributed by atoms with Crippen LogP contribution in [0.5, 0.6) is 0 Å². The molecule has 5 rings (SSSR count). The Morgan fingerprint density at radius 1 is 1.27 bits per heavy atom. The van der Waals surface area contributed by atoms with Crippen molar-refractivity contribution in [2.45, 2.75) is 57.0 Å². The molecule has 1 saturated carbocycles. The molecule has 0 spiro atoms. The Kier molecular flexibility index (Phi) is 3.97. The lowest BCUT2D eigenvalue weighted by Crippen LogP contribution is -2.33. The number of hydrogen-bond donors (Lipinski definition) is 2. The number of nitrogens with zero attached hydrogens (tertiary/aromatic N) is 3. The van der Waals surface area contributed by atoms with E-state index < -0.39 is 6.10 Å². The molecular weight excluding hydrogens is 352 g/mol.